The minimum Gasteiger partial charge on any atom is -0.344 e. The minimum atomic E-state index is -0.500. The number of rotatable bonds is 8. The fraction of sp³-hybridized carbons (Fsp3) is 0.111. The summed E-state index contributed by atoms with van der Waals surface area (Å²) in [4.78, 5) is 26.6. The maximum atomic E-state index is 13.3. The molecule has 2 N–H and O–H groups in total. The Morgan fingerprint density at radius 2 is 1.54 bits per heavy atom. The second kappa shape index (κ2) is 10.7. The van der Waals surface area contributed by atoms with Crippen molar-refractivity contribution in [3.63, 3.8) is 0 Å². The standard InChI is InChI=1S/C27H24FN9/c1-18(26-29-14-21(28)15-30-26)32-27-35-22(33-24-16-37(2)17-31-24)13-23(36-27)34-25(19-9-5-3-6-10-19)20-11-7-4-8-12-20/h3-18H,1-2H3,(H2,32,33,35,36). The van der Waals surface area contributed by atoms with Crippen LogP contribution in [0.25, 0.3) is 0 Å². The molecule has 0 radical (unpaired) electrons. The number of benzene rings is 2. The predicted molar refractivity (Wildman–Crippen MR) is 141 cm³/mol. The molecule has 10 heteroatoms. The summed E-state index contributed by atoms with van der Waals surface area (Å²) < 4.78 is 15.1. The van der Waals surface area contributed by atoms with Crippen molar-refractivity contribution in [1.29, 1.82) is 0 Å². The molecule has 5 aromatic rings. The summed E-state index contributed by atoms with van der Waals surface area (Å²) in [6.07, 6.45) is 5.79. The number of hydrogen-bond donors (Lipinski definition) is 2. The van der Waals surface area contributed by atoms with Crippen molar-refractivity contribution in [3.05, 3.63) is 114 Å². The number of aryl methyl sites for hydroxylation is 1. The quantitative estimate of drug-likeness (QED) is 0.285. The lowest BCUT2D eigenvalue weighted by Gasteiger charge is -2.14. The number of hydrogen-bond acceptors (Lipinski definition) is 8. The zero-order chi connectivity index (χ0) is 25.6. The van der Waals surface area contributed by atoms with E-state index in [1.54, 1.807) is 12.4 Å². The van der Waals surface area contributed by atoms with E-state index in [2.05, 4.69) is 35.6 Å². The molecular weight excluding hydrogens is 469 g/mol. The predicted octanol–water partition coefficient (Wildman–Crippen LogP) is 5.23. The second-order valence-electron chi connectivity index (χ2n) is 8.30. The van der Waals surface area contributed by atoms with Gasteiger partial charge in [-0.1, -0.05) is 60.7 Å². The Hall–Kier alpha value is -4.99. The number of anilines is 3. The molecule has 0 saturated heterocycles. The van der Waals surface area contributed by atoms with Gasteiger partial charge in [0.2, 0.25) is 5.95 Å². The number of aromatic nitrogens is 6. The van der Waals surface area contributed by atoms with Crippen LogP contribution in [0.15, 0.2) is 96.6 Å². The van der Waals surface area contributed by atoms with Crippen LogP contribution in [0.2, 0.25) is 0 Å². The Morgan fingerprint density at radius 1 is 0.892 bits per heavy atom. The summed E-state index contributed by atoms with van der Waals surface area (Å²) in [5, 5.41) is 6.40. The number of imidazole rings is 1. The molecular formula is C27H24FN9. The first-order chi connectivity index (χ1) is 18.0. The number of nitrogens with zero attached hydrogens (tertiary/aromatic N) is 7. The number of aliphatic imine (C=N–C) groups is 1. The second-order valence-corrected chi connectivity index (χ2v) is 8.30. The molecule has 3 heterocycles. The molecule has 0 amide bonds. The van der Waals surface area contributed by atoms with E-state index in [1.165, 1.54) is 0 Å². The van der Waals surface area contributed by atoms with Crippen LogP contribution < -0.4 is 10.6 Å². The van der Waals surface area contributed by atoms with E-state index in [0.717, 1.165) is 29.2 Å². The number of nitrogens with one attached hydrogen (secondary N) is 2. The van der Waals surface area contributed by atoms with Crippen molar-refractivity contribution >= 4 is 29.1 Å². The van der Waals surface area contributed by atoms with Gasteiger partial charge < -0.3 is 15.2 Å². The third-order valence-electron chi connectivity index (χ3n) is 5.37. The van der Waals surface area contributed by atoms with Crippen LogP contribution in [-0.4, -0.2) is 35.2 Å². The molecule has 5 rings (SSSR count). The molecule has 0 bridgehead atoms. The smallest absolute Gasteiger partial charge is 0.227 e. The van der Waals surface area contributed by atoms with Crippen LogP contribution in [0, 0.1) is 5.82 Å². The Bertz CT molecular complexity index is 1460. The molecule has 184 valence electrons. The SMILES string of the molecule is CC(Nc1nc(N=C(c2ccccc2)c2ccccc2)cc(Nc2cn(C)cn2)n1)c1ncc(F)cn1. The van der Waals surface area contributed by atoms with Gasteiger partial charge in [-0.3, -0.25) is 0 Å². The summed E-state index contributed by atoms with van der Waals surface area (Å²) in [6.45, 7) is 1.84. The lowest BCUT2D eigenvalue weighted by atomic mass is 10.0. The van der Waals surface area contributed by atoms with E-state index in [4.69, 9.17) is 4.99 Å². The molecule has 37 heavy (non-hydrogen) atoms. The van der Waals surface area contributed by atoms with Crippen molar-refractivity contribution in [2.45, 2.75) is 13.0 Å². The van der Waals surface area contributed by atoms with Crippen LogP contribution in [-0.2, 0) is 7.05 Å². The highest BCUT2D eigenvalue weighted by atomic mass is 19.1. The van der Waals surface area contributed by atoms with Crippen molar-refractivity contribution in [3.8, 4) is 0 Å². The molecule has 0 aliphatic rings. The molecule has 0 aliphatic carbocycles. The van der Waals surface area contributed by atoms with Crippen LogP contribution >= 0.6 is 0 Å². The summed E-state index contributed by atoms with van der Waals surface area (Å²) >= 11 is 0. The molecule has 0 aliphatic heterocycles. The molecule has 0 spiro atoms. The average Bonchev–Trinajstić information content (AvgIpc) is 3.32. The maximum absolute atomic E-state index is 13.3. The minimum absolute atomic E-state index is 0.306. The largest absolute Gasteiger partial charge is 0.344 e. The van der Waals surface area contributed by atoms with E-state index in [9.17, 15) is 4.39 Å². The van der Waals surface area contributed by atoms with E-state index in [1.807, 2.05) is 85.4 Å². The monoisotopic (exact) mass is 493 g/mol. The average molecular weight is 494 g/mol. The molecule has 3 aromatic heterocycles. The van der Waals surface area contributed by atoms with Crippen molar-refractivity contribution in [1.82, 2.24) is 29.5 Å². The third-order valence-corrected chi connectivity index (χ3v) is 5.37. The van der Waals surface area contributed by atoms with Gasteiger partial charge in [-0.2, -0.15) is 9.97 Å². The van der Waals surface area contributed by atoms with E-state index in [-0.39, 0.29) is 6.04 Å². The zero-order valence-electron chi connectivity index (χ0n) is 20.2. The van der Waals surface area contributed by atoms with Crippen LogP contribution in [0.4, 0.5) is 27.8 Å². The highest BCUT2D eigenvalue weighted by Gasteiger charge is 2.14. The van der Waals surface area contributed by atoms with Gasteiger partial charge in [0.25, 0.3) is 0 Å². The van der Waals surface area contributed by atoms with Gasteiger partial charge in [-0.05, 0) is 6.92 Å². The van der Waals surface area contributed by atoms with Crippen LogP contribution in [0.1, 0.15) is 29.9 Å². The van der Waals surface area contributed by atoms with Gasteiger partial charge in [-0.25, -0.2) is 24.3 Å². The normalized spacial score (nSPS) is 11.5. The Balaban J connectivity index is 1.56. The summed E-state index contributed by atoms with van der Waals surface area (Å²) in [5.41, 5.74) is 2.67. The van der Waals surface area contributed by atoms with Gasteiger partial charge in [0.1, 0.15) is 17.5 Å². The van der Waals surface area contributed by atoms with E-state index < -0.39 is 5.82 Å². The molecule has 1 atom stereocenters. The van der Waals surface area contributed by atoms with Crippen LogP contribution in [0.3, 0.4) is 0 Å². The lowest BCUT2D eigenvalue weighted by molar-refractivity contribution is 0.604. The van der Waals surface area contributed by atoms with Gasteiger partial charge >= 0.3 is 0 Å². The van der Waals surface area contributed by atoms with Crippen molar-refractivity contribution in [2.75, 3.05) is 10.6 Å². The van der Waals surface area contributed by atoms with Gasteiger partial charge in [0.05, 0.1) is 30.5 Å². The fourth-order valence-corrected chi connectivity index (χ4v) is 3.64. The van der Waals surface area contributed by atoms with Gasteiger partial charge in [-0.15, -0.1) is 0 Å². The Labute approximate surface area is 213 Å². The molecule has 9 nitrogen and oxygen atoms in total. The molecule has 2 aromatic carbocycles. The van der Waals surface area contributed by atoms with Gasteiger partial charge in [0.15, 0.2) is 11.6 Å². The topological polar surface area (TPSA) is 106 Å². The van der Waals surface area contributed by atoms with Gasteiger partial charge in [0, 0.05) is 30.4 Å². The highest BCUT2D eigenvalue weighted by molar-refractivity contribution is 6.13. The van der Waals surface area contributed by atoms with Crippen LogP contribution in [0.5, 0.6) is 0 Å². The van der Waals surface area contributed by atoms with Crippen molar-refractivity contribution in [2.24, 2.45) is 12.0 Å². The highest BCUT2D eigenvalue weighted by Crippen LogP contribution is 2.24. The molecule has 0 saturated carbocycles. The first kappa shape index (κ1) is 23.7. The molecule has 1 unspecified atom stereocenters. The Morgan fingerprint density at radius 3 is 2.14 bits per heavy atom. The Kier molecular flexibility index (Phi) is 6.89. The molecule has 0 fully saturated rings. The summed E-state index contributed by atoms with van der Waals surface area (Å²) in [5.74, 6) is 1.78. The zero-order valence-corrected chi connectivity index (χ0v) is 20.2. The lowest BCUT2D eigenvalue weighted by Crippen LogP contribution is -2.13. The van der Waals surface area contributed by atoms with Crippen molar-refractivity contribution < 1.29 is 4.39 Å². The summed E-state index contributed by atoms with van der Waals surface area (Å²) in [7, 11) is 1.89. The third kappa shape index (κ3) is 5.99. The maximum Gasteiger partial charge on any atom is 0.227 e. The first-order valence-corrected chi connectivity index (χ1v) is 11.6. The number of halogens is 1. The fourth-order valence-electron chi connectivity index (χ4n) is 3.64. The van der Waals surface area contributed by atoms with E-state index >= 15 is 0 Å². The first-order valence-electron chi connectivity index (χ1n) is 11.6. The summed E-state index contributed by atoms with van der Waals surface area (Å²) in [6, 6.07) is 21.2. The van der Waals surface area contributed by atoms with E-state index in [0.29, 0.717) is 29.2 Å².